The van der Waals surface area contributed by atoms with Crippen LogP contribution in [-0.2, 0) is 9.05 Å². The highest BCUT2D eigenvalue weighted by Gasteiger charge is 2.42. The number of hydrogen-bond acceptors (Lipinski definition) is 2. The van der Waals surface area contributed by atoms with Gasteiger partial charge in [0.2, 0.25) is 9.05 Å². The van der Waals surface area contributed by atoms with Crippen molar-refractivity contribution in [2.75, 3.05) is 0 Å². The Morgan fingerprint density at radius 1 is 1.62 bits per heavy atom. The zero-order valence-corrected chi connectivity index (χ0v) is 6.04. The van der Waals surface area contributed by atoms with Gasteiger partial charge < -0.3 is 0 Å². The SMILES string of the molecule is C[C@@H]1C[C@H]1S(=O)(=O)Cl. The predicted octanol–water partition coefficient (Wildman–Crippen LogP) is 0.963. The van der Waals surface area contributed by atoms with Crippen molar-refractivity contribution in [1.82, 2.24) is 0 Å². The number of hydrogen-bond donors (Lipinski definition) is 0. The monoisotopic (exact) mass is 154 g/mol. The van der Waals surface area contributed by atoms with E-state index in [0.29, 0.717) is 0 Å². The summed E-state index contributed by atoms with van der Waals surface area (Å²) in [6, 6.07) is 0. The van der Waals surface area contributed by atoms with Crippen LogP contribution in [0.25, 0.3) is 0 Å². The van der Waals surface area contributed by atoms with E-state index in [9.17, 15) is 8.42 Å². The van der Waals surface area contributed by atoms with Gasteiger partial charge >= 0.3 is 0 Å². The van der Waals surface area contributed by atoms with Crippen LogP contribution in [0.1, 0.15) is 13.3 Å². The summed E-state index contributed by atoms with van der Waals surface area (Å²) in [6.07, 6.45) is 0.742. The zero-order valence-electron chi connectivity index (χ0n) is 4.46. The Bertz CT molecular complexity index is 184. The van der Waals surface area contributed by atoms with Crippen LogP contribution in [0.2, 0.25) is 0 Å². The van der Waals surface area contributed by atoms with Crippen molar-refractivity contribution in [3.8, 4) is 0 Å². The molecule has 0 aromatic carbocycles. The van der Waals surface area contributed by atoms with Crippen LogP contribution in [0, 0.1) is 5.92 Å². The topological polar surface area (TPSA) is 34.1 Å². The Labute approximate surface area is 53.3 Å². The Morgan fingerprint density at radius 3 is 2.00 bits per heavy atom. The zero-order chi connectivity index (χ0) is 6.36. The molecule has 0 heterocycles. The van der Waals surface area contributed by atoms with Crippen LogP contribution in [0.3, 0.4) is 0 Å². The lowest BCUT2D eigenvalue weighted by Gasteiger charge is -1.84. The lowest BCUT2D eigenvalue weighted by Crippen LogP contribution is -1.97. The molecule has 48 valence electrons. The first kappa shape index (κ1) is 6.36. The molecule has 0 saturated heterocycles. The van der Waals surface area contributed by atoms with Crippen LogP contribution in [0.5, 0.6) is 0 Å². The molecule has 0 amide bonds. The van der Waals surface area contributed by atoms with Gasteiger partial charge in [-0.25, -0.2) is 8.42 Å². The lowest BCUT2D eigenvalue weighted by molar-refractivity contribution is 0.606. The summed E-state index contributed by atoms with van der Waals surface area (Å²) in [6.45, 7) is 1.88. The maximum Gasteiger partial charge on any atom is 0.235 e. The van der Waals surface area contributed by atoms with Crippen molar-refractivity contribution in [2.24, 2.45) is 5.92 Å². The van der Waals surface area contributed by atoms with Crippen molar-refractivity contribution in [2.45, 2.75) is 18.6 Å². The van der Waals surface area contributed by atoms with Crippen molar-refractivity contribution >= 4 is 19.7 Å². The second-order valence-corrected chi connectivity index (χ2v) is 5.07. The highest BCUT2D eigenvalue weighted by molar-refractivity contribution is 8.14. The fourth-order valence-corrected chi connectivity index (χ4v) is 2.51. The highest BCUT2D eigenvalue weighted by atomic mass is 35.7. The average Bonchev–Trinajstić information content (AvgIpc) is 2.13. The number of halogens is 1. The molecule has 1 rings (SSSR count). The maximum atomic E-state index is 10.4. The Hall–Kier alpha value is 0.240. The van der Waals surface area contributed by atoms with Crippen LogP contribution >= 0.6 is 10.7 Å². The van der Waals surface area contributed by atoms with Gasteiger partial charge in [-0.15, -0.1) is 0 Å². The molecule has 8 heavy (non-hydrogen) atoms. The fraction of sp³-hybridized carbons (Fsp3) is 1.00. The molecule has 1 fully saturated rings. The molecule has 0 bridgehead atoms. The molecule has 0 aromatic heterocycles. The normalized spacial score (nSPS) is 37.2. The van der Waals surface area contributed by atoms with E-state index in [1.165, 1.54) is 0 Å². The molecule has 1 aliphatic rings. The lowest BCUT2D eigenvalue weighted by atomic mass is 10.5. The van der Waals surface area contributed by atoms with Crippen LogP contribution in [0.4, 0.5) is 0 Å². The Morgan fingerprint density at radius 2 is 2.00 bits per heavy atom. The molecule has 0 unspecified atom stereocenters. The quantitative estimate of drug-likeness (QED) is 0.528. The van der Waals surface area contributed by atoms with Crippen molar-refractivity contribution < 1.29 is 8.42 Å². The molecular weight excluding hydrogens is 148 g/mol. The smallest absolute Gasteiger partial charge is 0.212 e. The summed E-state index contributed by atoms with van der Waals surface area (Å²) in [7, 11) is 1.79. The van der Waals surface area contributed by atoms with Gasteiger partial charge in [0, 0.05) is 10.7 Å². The van der Waals surface area contributed by atoms with E-state index in [4.69, 9.17) is 10.7 Å². The van der Waals surface area contributed by atoms with Gasteiger partial charge in [-0.05, 0) is 12.3 Å². The fourth-order valence-electron chi connectivity index (χ4n) is 0.680. The predicted molar refractivity (Wildman–Crippen MR) is 32.3 cm³/mol. The molecule has 0 spiro atoms. The largest absolute Gasteiger partial charge is 0.235 e. The van der Waals surface area contributed by atoms with E-state index < -0.39 is 9.05 Å². The first-order valence-electron chi connectivity index (χ1n) is 2.45. The van der Waals surface area contributed by atoms with Gasteiger partial charge in [0.1, 0.15) is 0 Å². The average molecular weight is 155 g/mol. The van der Waals surface area contributed by atoms with Gasteiger partial charge in [-0.2, -0.15) is 0 Å². The van der Waals surface area contributed by atoms with E-state index in [0.717, 1.165) is 6.42 Å². The minimum Gasteiger partial charge on any atom is -0.212 e. The molecule has 4 heteroatoms. The van der Waals surface area contributed by atoms with E-state index in [1.807, 2.05) is 6.92 Å². The first-order valence-corrected chi connectivity index (χ1v) is 4.82. The van der Waals surface area contributed by atoms with Gasteiger partial charge in [-0.1, -0.05) is 6.92 Å². The maximum absolute atomic E-state index is 10.4. The summed E-state index contributed by atoms with van der Waals surface area (Å²) < 4.78 is 20.7. The molecular formula is C4H7ClO2S. The molecule has 0 aromatic rings. The minimum absolute atomic E-state index is 0.246. The van der Waals surface area contributed by atoms with E-state index in [2.05, 4.69) is 0 Å². The van der Waals surface area contributed by atoms with Gasteiger partial charge in [-0.3, -0.25) is 0 Å². The number of rotatable bonds is 1. The Kier molecular flexibility index (Phi) is 1.28. The summed E-state index contributed by atoms with van der Waals surface area (Å²) in [4.78, 5) is 0. The first-order chi connectivity index (χ1) is 3.52. The van der Waals surface area contributed by atoms with Crippen LogP contribution in [-0.4, -0.2) is 13.7 Å². The second-order valence-electron chi connectivity index (χ2n) is 2.23. The van der Waals surface area contributed by atoms with Gasteiger partial charge in [0.25, 0.3) is 0 Å². The Balaban J connectivity index is 2.66. The summed E-state index contributed by atoms with van der Waals surface area (Å²) in [5.74, 6) is 0.289. The molecule has 1 saturated carbocycles. The summed E-state index contributed by atoms with van der Waals surface area (Å²) in [5, 5.41) is -0.246. The van der Waals surface area contributed by atoms with Gasteiger partial charge in [0.05, 0.1) is 5.25 Å². The van der Waals surface area contributed by atoms with Gasteiger partial charge in [0.15, 0.2) is 0 Å². The molecule has 0 aliphatic heterocycles. The van der Waals surface area contributed by atoms with Crippen molar-refractivity contribution in [3.63, 3.8) is 0 Å². The molecule has 2 atom stereocenters. The highest BCUT2D eigenvalue weighted by Crippen LogP contribution is 2.38. The van der Waals surface area contributed by atoms with Crippen LogP contribution < -0.4 is 0 Å². The third-order valence-corrected chi connectivity index (χ3v) is 3.46. The van der Waals surface area contributed by atoms with E-state index in [1.54, 1.807) is 0 Å². The summed E-state index contributed by atoms with van der Waals surface area (Å²) in [5.41, 5.74) is 0. The standard InChI is InChI=1S/C4H7ClO2S/c1-3-2-4(3)8(5,6)7/h3-4H,2H2,1H3/t3-,4-/m1/s1. The van der Waals surface area contributed by atoms with Crippen LogP contribution in [0.15, 0.2) is 0 Å². The third kappa shape index (κ3) is 1.14. The minimum atomic E-state index is -3.21. The summed E-state index contributed by atoms with van der Waals surface area (Å²) >= 11 is 0. The molecule has 0 radical (unpaired) electrons. The van der Waals surface area contributed by atoms with E-state index in [-0.39, 0.29) is 11.2 Å². The third-order valence-electron chi connectivity index (χ3n) is 1.40. The molecule has 2 nitrogen and oxygen atoms in total. The molecule has 1 aliphatic carbocycles. The molecule has 0 N–H and O–H groups in total. The van der Waals surface area contributed by atoms with Crippen molar-refractivity contribution in [3.05, 3.63) is 0 Å². The van der Waals surface area contributed by atoms with Crippen molar-refractivity contribution in [1.29, 1.82) is 0 Å². The van der Waals surface area contributed by atoms with E-state index >= 15 is 0 Å². The second kappa shape index (κ2) is 1.61.